The molecule has 2 aromatic carbocycles. The van der Waals surface area contributed by atoms with Crippen molar-refractivity contribution < 1.29 is 27.4 Å². The molecule has 31 heavy (non-hydrogen) atoms. The molecule has 1 aliphatic carbocycles. The lowest BCUT2D eigenvalue weighted by molar-refractivity contribution is 0.247. The molecule has 3 aromatic rings. The van der Waals surface area contributed by atoms with E-state index in [1.807, 2.05) is 0 Å². The van der Waals surface area contributed by atoms with Gasteiger partial charge >= 0.3 is 6.03 Å². The Labute approximate surface area is 175 Å². The Kier molecular flexibility index (Phi) is 4.65. The summed E-state index contributed by atoms with van der Waals surface area (Å²) in [6, 6.07) is 10.2. The minimum Gasteiger partial charge on any atom is -0.490 e. The van der Waals surface area contributed by atoms with Crippen molar-refractivity contribution in [2.75, 3.05) is 11.9 Å². The number of benzene rings is 2. The van der Waals surface area contributed by atoms with E-state index in [9.17, 15) is 18.0 Å². The summed E-state index contributed by atoms with van der Waals surface area (Å²) < 4.78 is 52.5. The number of fused-ring (bicyclic) bond motifs is 3. The third-order valence-electron chi connectivity index (χ3n) is 5.36. The molecule has 2 amide bonds. The molecule has 9 heteroatoms. The number of pyridine rings is 1. The van der Waals surface area contributed by atoms with Crippen LogP contribution in [0.5, 0.6) is 17.2 Å². The van der Waals surface area contributed by atoms with Crippen LogP contribution in [-0.2, 0) is 0 Å². The Bertz CT molecular complexity index is 1160. The van der Waals surface area contributed by atoms with E-state index in [1.165, 1.54) is 30.5 Å². The highest BCUT2D eigenvalue weighted by Crippen LogP contribution is 2.55. The zero-order valence-electron chi connectivity index (χ0n) is 15.9. The van der Waals surface area contributed by atoms with Crippen LogP contribution in [0.1, 0.15) is 11.5 Å². The maximum absolute atomic E-state index is 14.2. The maximum Gasteiger partial charge on any atom is 0.320 e. The van der Waals surface area contributed by atoms with Gasteiger partial charge in [0.15, 0.2) is 23.1 Å². The highest BCUT2D eigenvalue weighted by Gasteiger charge is 2.57. The second-order valence-corrected chi connectivity index (χ2v) is 7.31. The van der Waals surface area contributed by atoms with E-state index in [2.05, 4.69) is 15.6 Å². The van der Waals surface area contributed by atoms with Crippen LogP contribution < -0.4 is 20.1 Å². The van der Waals surface area contributed by atoms with Crippen molar-refractivity contribution in [3.8, 4) is 17.2 Å². The molecule has 1 fully saturated rings. The molecular formula is C22H16F3N3O3. The summed E-state index contributed by atoms with van der Waals surface area (Å²) in [4.78, 5) is 16.4. The van der Waals surface area contributed by atoms with Crippen molar-refractivity contribution in [1.82, 2.24) is 10.3 Å². The van der Waals surface area contributed by atoms with Gasteiger partial charge in [-0.25, -0.2) is 22.9 Å². The van der Waals surface area contributed by atoms with E-state index >= 15 is 0 Å². The van der Waals surface area contributed by atoms with Gasteiger partial charge < -0.3 is 14.8 Å². The topological polar surface area (TPSA) is 72.5 Å². The van der Waals surface area contributed by atoms with Crippen molar-refractivity contribution in [3.63, 3.8) is 0 Å². The molecule has 6 nitrogen and oxygen atoms in total. The molecule has 0 saturated heterocycles. The Hall–Kier alpha value is -3.75. The van der Waals surface area contributed by atoms with Crippen molar-refractivity contribution in [2.24, 2.45) is 5.92 Å². The standard InChI is InChI=1S/C22H16F3N3O3/c23-13-3-1-2-4-16(13)31-11-5-8-17(26-9-11)27-22(29)28-20-12-10-30-21-15(25)7-6-14(24)19(21)18(12)20/h1-9,12,18,20H,10H2,(H2,26,27,28,29)/t12-,18-,20?/m0/s1. The molecule has 0 bridgehead atoms. The summed E-state index contributed by atoms with van der Waals surface area (Å²) in [5.41, 5.74) is 0.161. The molecule has 0 spiro atoms. The molecule has 1 unspecified atom stereocenters. The highest BCUT2D eigenvalue weighted by molar-refractivity contribution is 5.89. The number of nitrogens with one attached hydrogen (secondary N) is 2. The number of rotatable bonds is 4. The summed E-state index contributed by atoms with van der Waals surface area (Å²) in [7, 11) is 0. The van der Waals surface area contributed by atoms with E-state index in [0.717, 1.165) is 12.1 Å². The lowest BCUT2D eigenvalue weighted by atomic mass is 10.0. The Balaban J connectivity index is 1.21. The fraction of sp³-hybridized carbons (Fsp3) is 0.182. The first kappa shape index (κ1) is 19.2. The predicted molar refractivity (Wildman–Crippen MR) is 105 cm³/mol. The molecule has 1 aromatic heterocycles. The van der Waals surface area contributed by atoms with Crippen molar-refractivity contribution in [3.05, 3.63) is 77.7 Å². The normalized spacial score (nSPS) is 20.7. The van der Waals surface area contributed by atoms with Crippen molar-refractivity contribution in [1.29, 1.82) is 0 Å². The quantitative estimate of drug-likeness (QED) is 0.639. The van der Waals surface area contributed by atoms with Gasteiger partial charge in [0, 0.05) is 23.4 Å². The summed E-state index contributed by atoms with van der Waals surface area (Å²) in [6.07, 6.45) is 1.35. The van der Waals surface area contributed by atoms with Crippen LogP contribution in [0.3, 0.4) is 0 Å². The average Bonchev–Trinajstić information content (AvgIpc) is 3.46. The summed E-state index contributed by atoms with van der Waals surface area (Å²) in [5.74, 6) is -1.62. The molecule has 2 aliphatic rings. The highest BCUT2D eigenvalue weighted by atomic mass is 19.1. The molecule has 0 radical (unpaired) electrons. The van der Waals surface area contributed by atoms with E-state index < -0.39 is 23.5 Å². The summed E-state index contributed by atoms with van der Waals surface area (Å²) in [5, 5.41) is 5.33. The number of aromatic nitrogens is 1. The second-order valence-electron chi connectivity index (χ2n) is 7.31. The van der Waals surface area contributed by atoms with E-state index in [-0.39, 0.29) is 47.4 Å². The lowest BCUT2D eigenvalue weighted by Gasteiger charge is -2.16. The number of urea groups is 1. The first-order valence-electron chi connectivity index (χ1n) is 9.58. The van der Waals surface area contributed by atoms with Crippen LogP contribution in [0.4, 0.5) is 23.8 Å². The monoisotopic (exact) mass is 427 g/mol. The van der Waals surface area contributed by atoms with Crippen LogP contribution in [0.25, 0.3) is 0 Å². The first-order valence-corrected chi connectivity index (χ1v) is 9.58. The number of hydrogen-bond acceptors (Lipinski definition) is 4. The van der Waals surface area contributed by atoms with Crippen molar-refractivity contribution in [2.45, 2.75) is 12.0 Å². The zero-order chi connectivity index (χ0) is 21.5. The van der Waals surface area contributed by atoms with E-state index in [0.29, 0.717) is 5.75 Å². The van der Waals surface area contributed by atoms with Gasteiger partial charge in [0.2, 0.25) is 0 Å². The average molecular weight is 427 g/mol. The minimum absolute atomic E-state index is 0.0604. The fourth-order valence-corrected chi connectivity index (χ4v) is 3.83. The third-order valence-corrected chi connectivity index (χ3v) is 5.36. The number of hydrogen-bond donors (Lipinski definition) is 2. The largest absolute Gasteiger partial charge is 0.490 e. The zero-order valence-corrected chi connectivity index (χ0v) is 15.9. The van der Waals surface area contributed by atoms with Gasteiger partial charge in [-0.15, -0.1) is 0 Å². The van der Waals surface area contributed by atoms with E-state index in [4.69, 9.17) is 9.47 Å². The molecule has 3 atom stereocenters. The third kappa shape index (κ3) is 3.63. The summed E-state index contributed by atoms with van der Waals surface area (Å²) in [6.45, 7) is 0.198. The number of anilines is 1. The number of nitrogens with zero attached hydrogens (tertiary/aromatic N) is 1. The van der Waals surface area contributed by atoms with Gasteiger partial charge in [0.1, 0.15) is 17.4 Å². The molecule has 1 aliphatic heterocycles. The van der Waals surface area contributed by atoms with Gasteiger partial charge in [-0.1, -0.05) is 12.1 Å². The van der Waals surface area contributed by atoms with Crippen LogP contribution in [-0.4, -0.2) is 23.7 Å². The lowest BCUT2D eigenvalue weighted by Crippen LogP contribution is -2.32. The van der Waals surface area contributed by atoms with Gasteiger partial charge in [-0.05, 0) is 36.4 Å². The van der Waals surface area contributed by atoms with Gasteiger partial charge in [0.25, 0.3) is 0 Å². The van der Waals surface area contributed by atoms with Crippen LogP contribution in [0, 0.1) is 23.4 Å². The van der Waals surface area contributed by atoms with Crippen LogP contribution >= 0.6 is 0 Å². The smallest absolute Gasteiger partial charge is 0.320 e. The number of amides is 2. The first-order chi connectivity index (χ1) is 15.0. The van der Waals surface area contributed by atoms with E-state index in [1.54, 1.807) is 12.1 Å². The van der Waals surface area contributed by atoms with Gasteiger partial charge in [-0.3, -0.25) is 5.32 Å². The Morgan fingerprint density at radius 3 is 2.61 bits per heavy atom. The van der Waals surface area contributed by atoms with Crippen LogP contribution in [0.15, 0.2) is 54.7 Å². The number of carbonyl (C=O) groups excluding carboxylic acids is 1. The van der Waals surface area contributed by atoms with Crippen LogP contribution in [0.2, 0.25) is 0 Å². The maximum atomic E-state index is 14.2. The second kappa shape index (κ2) is 7.50. The molecule has 5 rings (SSSR count). The molecule has 2 heterocycles. The minimum atomic E-state index is -0.619. The number of carbonyl (C=O) groups is 1. The molecule has 158 valence electrons. The molecular weight excluding hydrogens is 411 g/mol. The molecule has 1 saturated carbocycles. The number of para-hydroxylation sites is 1. The predicted octanol–water partition coefficient (Wildman–Crippen LogP) is 4.59. The number of ether oxygens (including phenoxy) is 2. The van der Waals surface area contributed by atoms with Gasteiger partial charge in [0.05, 0.1) is 12.8 Å². The SMILES string of the molecule is O=C(Nc1ccc(Oc2ccccc2F)cn1)NC1[C@H]2COc3c(F)ccc(F)c3[C@@H]12. The van der Waals surface area contributed by atoms with Gasteiger partial charge in [-0.2, -0.15) is 0 Å². The Morgan fingerprint density at radius 1 is 1.03 bits per heavy atom. The van der Waals surface area contributed by atoms with Crippen molar-refractivity contribution >= 4 is 11.8 Å². The fourth-order valence-electron chi connectivity index (χ4n) is 3.83. The Morgan fingerprint density at radius 2 is 1.84 bits per heavy atom. The summed E-state index contributed by atoms with van der Waals surface area (Å²) >= 11 is 0. The molecule has 2 N–H and O–H groups in total. The number of halogens is 3.